The van der Waals surface area contributed by atoms with E-state index < -0.39 is 18.8 Å². The van der Waals surface area contributed by atoms with E-state index in [1.165, 1.54) is 0 Å². The van der Waals surface area contributed by atoms with E-state index in [0.29, 0.717) is 44.7 Å². The third kappa shape index (κ3) is 5.81. The standard InChI is InChI=1S/C27H33F4N3O/c1-3-19-9-10-20(35-14-13-32-12-6-11-28)16-22(19)26-25-23(21-7-4-5-8-24(21)33-25)15-18(2)34(26)17-27(29,30)31/h4-5,7-10,16,18,26,32-33H,3,6,11-15,17H2,1-2H3/t18-,26-/m1/s1. The SMILES string of the molecule is CCc1ccc(OCCNCCCF)cc1[C@@H]1c2[nH]c3ccccc3c2C[C@@H](C)N1CC(F)(F)F. The van der Waals surface area contributed by atoms with Crippen LogP contribution >= 0.6 is 0 Å². The van der Waals surface area contributed by atoms with Gasteiger partial charge in [-0.1, -0.05) is 31.2 Å². The first-order valence-corrected chi connectivity index (χ1v) is 12.3. The number of aryl methyl sites for hydroxylation is 1. The Morgan fingerprint density at radius 2 is 1.94 bits per heavy atom. The van der Waals surface area contributed by atoms with Gasteiger partial charge in [-0.3, -0.25) is 9.29 Å². The molecule has 2 N–H and O–H groups in total. The van der Waals surface area contributed by atoms with Crippen LogP contribution < -0.4 is 10.1 Å². The average molecular weight is 492 g/mol. The Morgan fingerprint density at radius 1 is 1.14 bits per heavy atom. The Balaban J connectivity index is 1.72. The molecule has 4 nitrogen and oxygen atoms in total. The van der Waals surface area contributed by atoms with Crippen LogP contribution in [0.5, 0.6) is 5.75 Å². The summed E-state index contributed by atoms with van der Waals surface area (Å²) in [6.45, 7) is 4.08. The second-order valence-electron chi connectivity index (χ2n) is 9.16. The summed E-state index contributed by atoms with van der Waals surface area (Å²) in [5, 5.41) is 4.19. The van der Waals surface area contributed by atoms with Crippen LogP contribution in [0.4, 0.5) is 17.6 Å². The predicted octanol–water partition coefficient (Wildman–Crippen LogP) is 5.96. The van der Waals surface area contributed by atoms with E-state index >= 15 is 0 Å². The van der Waals surface area contributed by atoms with Crippen LogP contribution in [-0.4, -0.2) is 55.0 Å². The number of fused-ring (bicyclic) bond motifs is 3. The Bertz CT molecular complexity index is 1130. The maximum absolute atomic E-state index is 13.7. The summed E-state index contributed by atoms with van der Waals surface area (Å²) >= 11 is 0. The lowest BCUT2D eigenvalue weighted by Gasteiger charge is -2.42. The van der Waals surface area contributed by atoms with E-state index in [1.54, 1.807) is 4.90 Å². The van der Waals surface area contributed by atoms with Crippen molar-refractivity contribution < 1.29 is 22.3 Å². The number of nitrogens with one attached hydrogen (secondary N) is 2. The number of ether oxygens (including phenoxy) is 1. The molecule has 0 unspecified atom stereocenters. The monoisotopic (exact) mass is 491 g/mol. The Hall–Kier alpha value is -2.58. The maximum Gasteiger partial charge on any atom is 0.401 e. The summed E-state index contributed by atoms with van der Waals surface area (Å²) in [5.74, 6) is 0.618. The molecular formula is C27H33F4N3O. The first-order chi connectivity index (χ1) is 16.8. The van der Waals surface area contributed by atoms with Crippen molar-refractivity contribution in [2.24, 2.45) is 0 Å². The van der Waals surface area contributed by atoms with E-state index in [2.05, 4.69) is 10.3 Å². The quantitative estimate of drug-likeness (QED) is 0.272. The summed E-state index contributed by atoms with van der Waals surface area (Å²) < 4.78 is 59.4. The average Bonchev–Trinajstić information content (AvgIpc) is 3.19. The zero-order valence-electron chi connectivity index (χ0n) is 20.2. The van der Waals surface area contributed by atoms with E-state index in [9.17, 15) is 17.6 Å². The van der Waals surface area contributed by atoms with Crippen LogP contribution in [0.25, 0.3) is 10.9 Å². The van der Waals surface area contributed by atoms with Crippen molar-refractivity contribution in [3.63, 3.8) is 0 Å². The molecule has 1 aliphatic rings. The number of H-pyrrole nitrogens is 1. The van der Waals surface area contributed by atoms with Crippen molar-refractivity contribution in [3.05, 3.63) is 64.8 Å². The van der Waals surface area contributed by atoms with Gasteiger partial charge in [-0.15, -0.1) is 0 Å². The Kier molecular flexibility index (Phi) is 8.02. The zero-order valence-corrected chi connectivity index (χ0v) is 20.2. The second kappa shape index (κ2) is 11.0. The molecule has 35 heavy (non-hydrogen) atoms. The molecule has 0 aliphatic carbocycles. The number of alkyl halides is 4. The third-order valence-electron chi connectivity index (χ3n) is 6.71. The minimum absolute atomic E-state index is 0.290. The van der Waals surface area contributed by atoms with Crippen molar-refractivity contribution in [3.8, 4) is 5.75 Å². The molecule has 1 aromatic heterocycles. The van der Waals surface area contributed by atoms with Crippen LogP contribution in [-0.2, 0) is 12.8 Å². The maximum atomic E-state index is 13.7. The molecule has 0 amide bonds. The summed E-state index contributed by atoms with van der Waals surface area (Å²) in [7, 11) is 0. The van der Waals surface area contributed by atoms with Crippen molar-refractivity contribution in [2.45, 2.75) is 51.4 Å². The van der Waals surface area contributed by atoms with Crippen LogP contribution in [0, 0.1) is 0 Å². The molecule has 0 radical (unpaired) electrons. The molecule has 0 fully saturated rings. The van der Waals surface area contributed by atoms with Crippen LogP contribution in [0.3, 0.4) is 0 Å². The van der Waals surface area contributed by atoms with Crippen molar-refractivity contribution in [2.75, 3.05) is 32.9 Å². The highest BCUT2D eigenvalue weighted by Crippen LogP contribution is 2.43. The van der Waals surface area contributed by atoms with E-state index in [-0.39, 0.29) is 12.7 Å². The molecule has 2 heterocycles. The minimum Gasteiger partial charge on any atom is -0.492 e. The number of nitrogens with zero attached hydrogens (tertiary/aromatic N) is 1. The largest absolute Gasteiger partial charge is 0.492 e. The summed E-state index contributed by atoms with van der Waals surface area (Å²) in [4.78, 5) is 5.02. The summed E-state index contributed by atoms with van der Waals surface area (Å²) in [5.41, 5.74) is 4.68. The molecule has 1 aliphatic heterocycles. The molecule has 0 spiro atoms. The zero-order chi connectivity index (χ0) is 25.0. The highest BCUT2D eigenvalue weighted by Gasteiger charge is 2.42. The summed E-state index contributed by atoms with van der Waals surface area (Å²) in [6, 6.07) is 12.8. The van der Waals surface area contributed by atoms with Crippen molar-refractivity contribution in [1.29, 1.82) is 0 Å². The Labute approximate surface area is 203 Å². The lowest BCUT2D eigenvalue weighted by atomic mass is 9.86. The topological polar surface area (TPSA) is 40.3 Å². The van der Waals surface area contributed by atoms with Gasteiger partial charge in [0, 0.05) is 29.2 Å². The van der Waals surface area contributed by atoms with Gasteiger partial charge in [-0.05, 0) is 67.6 Å². The lowest BCUT2D eigenvalue weighted by Crippen LogP contribution is -2.47. The molecule has 4 rings (SSSR count). The molecule has 0 bridgehead atoms. The van der Waals surface area contributed by atoms with Crippen molar-refractivity contribution in [1.82, 2.24) is 15.2 Å². The van der Waals surface area contributed by atoms with E-state index in [0.717, 1.165) is 33.3 Å². The summed E-state index contributed by atoms with van der Waals surface area (Å²) in [6.07, 6.45) is -2.62. The number of halogens is 4. The number of hydrogen-bond donors (Lipinski definition) is 2. The van der Waals surface area contributed by atoms with Gasteiger partial charge < -0.3 is 15.0 Å². The number of aromatic amines is 1. The molecule has 190 valence electrons. The Morgan fingerprint density at radius 3 is 2.69 bits per heavy atom. The minimum atomic E-state index is -4.32. The van der Waals surface area contributed by atoms with Crippen molar-refractivity contribution >= 4 is 10.9 Å². The number of hydrogen-bond acceptors (Lipinski definition) is 3. The normalized spacial score (nSPS) is 18.7. The molecular weight excluding hydrogens is 458 g/mol. The van der Waals surface area contributed by atoms with Crippen LogP contribution in [0.1, 0.15) is 48.7 Å². The van der Waals surface area contributed by atoms with Gasteiger partial charge in [-0.2, -0.15) is 13.2 Å². The lowest BCUT2D eigenvalue weighted by molar-refractivity contribution is -0.155. The van der Waals surface area contributed by atoms with E-state index in [4.69, 9.17) is 4.74 Å². The second-order valence-corrected chi connectivity index (χ2v) is 9.16. The van der Waals surface area contributed by atoms with E-state index in [1.807, 2.05) is 56.3 Å². The van der Waals surface area contributed by atoms with Gasteiger partial charge in [0.25, 0.3) is 0 Å². The molecule has 3 aromatic rings. The fourth-order valence-electron chi connectivity index (χ4n) is 5.09. The number of benzene rings is 2. The molecule has 2 atom stereocenters. The first-order valence-electron chi connectivity index (χ1n) is 12.3. The van der Waals surface area contributed by atoms with Gasteiger partial charge in [0.15, 0.2) is 0 Å². The molecule has 8 heteroatoms. The first kappa shape index (κ1) is 25.5. The fraction of sp³-hybridized carbons (Fsp3) is 0.481. The molecule has 0 saturated heterocycles. The van der Waals surface area contributed by atoms with Gasteiger partial charge >= 0.3 is 6.18 Å². The van der Waals surface area contributed by atoms with Crippen LogP contribution in [0.2, 0.25) is 0 Å². The van der Waals surface area contributed by atoms with Gasteiger partial charge in [-0.25, -0.2) is 0 Å². The third-order valence-corrected chi connectivity index (χ3v) is 6.71. The predicted molar refractivity (Wildman–Crippen MR) is 131 cm³/mol. The van der Waals surface area contributed by atoms with Gasteiger partial charge in [0.1, 0.15) is 12.4 Å². The number of para-hydroxylation sites is 1. The molecule has 2 aromatic carbocycles. The fourth-order valence-corrected chi connectivity index (χ4v) is 5.09. The van der Waals surface area contributed by atoms with Gasteiger partial charge in [0.05, 0.1) is 19.3 Å². The highest BCUT2D eigenvalue weighted by atomic mass is 19.4. The number of aromatic nitrogens is 1. The smallest absolute Gasteiger partial charge is 0.401 e. The number of rotatable bonds is 10. The highest BCUT2D eigenvalue weighted by molar-refractivity contribution is 5.85. The van der Waals surface area contributed by atoms with Gasteiger partial charge in [0.2, 0.25) is 0 Å². The van der Waals surface area contributed by atoms with Crippen LogP contribution in [0.15, 0.2) is 42.5 Å². The molecule has 0 saturated carbocycles.